The van der Waals surface area contributed by atoms with Crippen LogP contribution in [0.5, 0.6) is 11.5 Å². The van der Waals surface area contributed by atoms with Crippen LogP contribution >= 0.6 is 15.9 Å². The van der Waals surface area contributed by atoms with Crippen LogP contribution in [0, 0.1) is 15.9 Å². The molecule has 0 unspecified atom stereocenters. The highest BCUT2D eigenvalue weighted by Crippen LogP contribution is 2.38. The number of benzene rings is 2. The number of nitro benzene ring substituents is 1. The fourth-order valence-corrected chi connectivity index (χ4v) is 2.14. The van der Waals surface area contributed by atoms with Crippen LogP contribution in [0.1, 0.15) is 6.92 Å². The van der Waals surface area contributed by atoms with Gasteiger partial charge in [-0.15, -0.1) is 0 Å². The fourth-order valence-electron chi connectivity index (χ4n) is 1.80. The molecule has 0 heterocycles. The molecule has 0 saturated heterocycles. The van der Waals surface area contributed by atoms with E-state index in [0.717, 1.165) is 0 Å². The summed E-state index contributed by atoms with van der Waals surface area (Å²) < 4.78 is 19.7. The third-order valence-electron chi connectivity index (χ3n) is 2.66. The van der Waals surface area contributed by atoms with E-state index >= 15 is 0 Å². The second kappa shape index (κ2) is 6.53. The van der Waals surface area contributed by atoms with Crippen molar-refractivity contribution in [3.63, 3.8) is 0 Å². The molecule has 0 amide bonds. The third-order valence-corrected chi connectivity index (χ3v) is 3.16. The van der Waals surface area contributed by atoms with Crippen molar-refractivity contribution in [3.8, 4) is 11.5 Å². The molecule has 5 nitrogen and oxygen atoms in total. The van der Waals surface area contributed by atoms with Crippen molar-refractivity contribution >= 4 is 27.3 Å². The SMILES string of the molecule is CCNc1cccc(Oc2cc(Br)ccc2F)c1[N+](=O)[O-]. The minimum Gasteiger partial charge on any atom is -0.447 e. The molecular weight excluding hydrogens is 343 g/mol. The first-order valence-corrected chi connectivity index (χ1v) is 6.96. The standard InChI is InChI=1S/C14H12BrFN2O3/c1-2-17-11-4-3-5-12(14(11)18(19)20)21-13-8-9(15)6-7-10(13)16/h3-8,17H,2H2,1H3. The highest BCUT2D eigenvalue weighted by Gasteiger charge is 2.22. The largest absolute Gasteiger partial charge is 0.447 e. The van der Waals surface area contributed by atoms with E-state index in [-0.39, 0.29) is 17.2 Å². The summed E-state index contributed by atoms with van der Waals surface area (Å²) in [5, 5.41) is 14.1. The molecule has 2 aromatic carbocycles. The van der Waals surface area contributed by atoms with E-state index in [1.807, 2.05) is 6.92 Å². The number of nitrogens with zero attached hydrogens (tertiary/aromatic N) is 1. The Morgan fingerprint density at radius 3 is 2.76 bits per heavy atom. The molecule has 0 fully saturated rings. The molecule has 110 valence electrons. The summed E-state index contributed by atoms with van der Waals surface area (Å²) in [5.74, 6) is -0.696. The molecule has 21 heavy (non-hydrogen) atoms. The summed E-state index contributed by atoms with van der Waals surface area (Å²) in [7, 11) is 0. The Balaban J connectivity index is 2.46. The van der Waals surface area contributed by atoms with Gasteiger partial charge in [-0.3, -0.25) is 10.1 Å². The van der Waals surface area contributed by atoms with Crippen LogP contribution in [0.2, 0.25) is 0 Å². The number of nitrogens with one attached hydrogen (secondary N) is 1. The lowest BCUT2D eigenvalue weighted by atomic mass is 10.2. The third kappa shape index (κ3) is 3.49. The first-order chi connectivity index (χ1) is 10.0. The average molecular weight is 355 g/mol. The van der Waals surface area contributed by atoms with Gasteiger partial charge in [-0.25, -0.2) is 4.39 Å². The molecule has 0 aromatic heterocycles. The maximum absolute atomic E-state index is 13.7. The van der Waals surface area contributed by atoms with Gasteiger partial charge in [-0.1, -0.05) is 22.0 Å². The van der Waals surface area contributed by atoms with Gasteiger partial charge in [-0.05, 0) is 37.3 Å². The number of rotatable bonds is 5. The highest BCUT2D eigenvalue weighted by molar-refractivity contribution is 9.10. The Kier molecular flexibility index (Phi) is 4.74. The van der Waals surface area contributed by atoms with Crippen LogP contribution in [0.25, 0.3) is 0 Å². The van der Waals surface area contributed by atoms with E-state index in [0.29, 0.717) is 16.7 Å². The van der Waals surface area contributed by atoms with Crippen molar-refractivity contribution in [1.29, 1.82) is 0 Å². The zero-order chi connectivity index (χ0) is 15.4. The maximum atomic E-state index is 13.7. The normalized spacial score (nSPS) is 10.2. The van der Waals surface area contributed by atoms with Crippen LogP contribution in [0.3, 0.4) is 0 Å². The van der Waals surface area contributed by atoms with Crippen LogP contribution in [-0.4, -0.2) is 11.5 Å². The van der Waals surface area contributed by atoms with E-state index < -0.39 is 10.7 Å². The van der Waals surface area contributed by atoms with Crippen molar-refractivity contribution in [1.82, 2.24) is 0 Å². The zero-order valence-electron chi connectivity index (χ0n) is 11.1. The summed E-state index contributed by atoms with van der Waals surface area (Å²) in [6.07, 6.45) is 0. The van der Waals surface area contributed by atoms with Gasteiger partial charge in [0.2, 0.25) is 5.75 Å². The number of para-hydroxylation sites is 1. The lowest BCUT2D eigenvalue weighted by molar-refractivity contribution is -0.384. The van der Waals surface area contributed by atoms with Crippen molar-refractivity contribution in [3.05, 3.63) is 56.8 Å². The Hall–Kier alpha value is -2.15. The summed E-state index contributed by atoms with van der Waals surface area (Å²) in [5.41, 5.74) is 0.106. The summed E-state index contributed by atoms with van der Waals surface area (Å²) in [4.78, 5) is 10.7. The number of ether oxygens (including phenoxy) is 1. The summed E-state index contributed by atoms with van der Waals surface area (Å²) >= 11 is 3.20. The minimum atomic E-state index is -0.596. The van der Waals surface area contributed by atoms with Crippen molar-refractivity contribution in [2.45, 2.75) is 6.92 Å². The van der Waals surface area contributed by atoms with E-state index in [2.05, 4.69) is 21.2 Å². The van der Waals surface area contributed by atoms with Gasteiger partial charge in [0.1, 0.15) is 5.69 Å². The fraction of sp³-hybridized carbons (Fsp3) is 0.143. The maximum Gasteiger partial charge on any atom is 0.334 e. The molecule has 0 spiro atoms. The Bertz CT molecular complexity index is 679. The van der Waals surface area contributed by atoms with Gasteiger partial charge >= 0.3 is 5.69 Å². The lowest BCUT2D eigenvalue weighted by Gasteiger charge is -2.10. The molecule has 2 aromatic rings. The zero-order valence-corrected chi connectivity index (χ0v) is 12.7. The van der Waals surface area contributed by atoms with Gasteiger partial charge in [0, 0.05) is 11.0 Å². The predicted octanol–water partition coefficient (Wildman–Crippen LogP) is 4.72. The Morgan fingerprint density at radius 2 is 2.10 bits per heavy atom. The first kappa shape index (κ1) is 15.2. The topological polar surface area (TPSA) is 64.4 Å². The molecule has 0 radical (unpaired) electrons. The van der Waals surface area contributed by atoms with E-state index in [9.17, 15) is 14.5 Å². The second-order valence-corrected chi connectivity index (χ2v) is 5.03. The van der Waals surface area contributed by atoms with Gasteiger partial charge in [-0.2, -0.15) is 0 Å². The average Bonchev–Trinajstić information content (AvgIpc) is 2.43. The van der Waals surface area contributed by atoms with Crippen LogP contribution in [-0.2, 0) is 0 Å². The lowest BCUT2D eigenvalue weighted by Crippen LogP contribution is -2.03. The Morgan fingerprint density at radius 1 is 1.33 bits per heavy atom. The smallest absolute Gasteiger partial charge is 0.334 e. The van der Waals surface area contributed by atoms with Crippen molar-refractivity contribution in [2.75, 3.05) is 11.9 Å². The quantitative estimate of drug-likeness (QED) is 0.623. The highest BCUT2D eigenvalue weighted by atomic mass is 79.9. The molecule has 7 heteroatoms. The monoisotopic (exact) mass is 354 g/mol. The molecule has 0 atom stereocenters. The molecule has 2 rings (SSSR count). The molecule has 0 aliphatic rings. The predicted molar refractivity (Wildman–Crippen MR) is 81.4 cm³/mol. The van der Waals surface area contributed by atoms with E-state index in [1.165, 1.54) is 24.3 Å². The van der Waals surface area contributed by atoms with Crippen LogP contribution < -0.4 is 10.1 Å². The van der Waals surface area contributed by atoms with Crippen LogP contribution in [0.15, 0.2) is 40.9 Å². The summed E-state index contributed by atoms with van der Waals surface area (Å²) in [6, 6.07) is 8.77. The first-order valence-electron chi connectivity index (χ1n) is 6.17. The van der Waals surface area contributed by atoms with Crippen molar-refractivity contribution in [2.24, 2.45) is 0 Å². The van der Waals surface area contributed by atoms with Gasteiger partial charge in [0.05, 0.1) is 4.92 Å². The summed E-state index contributed by atoms with van der Waals surface area (Å²) in [6.45, 7) is 2.35. The number of anilines is 1. The molecule has 0 bridgehead atoms. The minimum absolute atomic E-state index is 0.0181. The van der Waals surface area contributed by atoms with Gasteiger partial charge < -0.3 is 10.1 Å². The number of halogens is 2. The molecular formula is C14H12BrFN2O3. The van der Waals surface area contributed by atoms with Gasteiger partial charge in [0.25, 0.3) is 0 Å². The molecule has 0 aliphatic heterocycles. The number of hydrogen-bond acceptors (Lipinski definition) is 4. The van der Waals surface area contributed by atoms with Gasteiger partial charge in [0.15, 0.2) is 11.6 Å². The van der Waals surface area contributed by atoms with E-state index in [1.54, 1.807) is 12.1 Å². The molecule has 1 N–H and O–H groups in total. The van der Waals surface area contributed by atoms with Crippen LogP contribution in [0.4, 0.5) is 15.8 Å². The second-order valence-electron chi connectivity index (χ2n) is 4.12. The molecule has 0 saturated carbocycles. The number of nitro groups is 1. The van der Waals surface area contributed by atoms with Crippen molar-refractivity contribution < 1.29 is 14.1 Å². The van der Waals surface area contributed by atoms with E-state index in [4.69, 9.17) is 4.74 Å². The Labute approximate surface area is 129 Å². The molecule has 0 aliphatic carbocycles. The number of hydrogen-bond donors (Lipinski definition) is 1.